The van der Waals surface area contributed by atoms with Crippen LogP contribution in [0.1, 0.15) is 108 Å². The maximum absolute atomic E-state index is 13.1. The lowest BCUT2D eigenvalue weighted by Gasteiger charge is -2.25. The first kappa shape index (κ1) is 75.2. The molecule has 36 nitrogen and oxygen atoms in total. The van der Waals surface area contributed by atoms with Gasteiger partial charge in [0.25, 0.3) is 0 Å². The summed E-state index contributed by atoms with van der Waals surface area (Å²) in [6, 6.07) is -4.50. The van der Waals surface area contributed by atoms with Crippen molar-refractivity contribution in [2.24, 2.45) is 10.3 Å². The number of imidazole rings is 2. The second-order valence-electron chi connectivity index (χ2n) is 20.7. The van der Waals surface area contributed by atoms with Crippen LogP contribution >= 0.6 is 0 Å². The summed E-state index contributed by atoms with van der Waals surface area (Å²) in [6.45, 7) is 12.5. The number of aliphatic hydroxyl groups excluding tert-OH is 2. The van der Waals surface area contributed by atoms with E-state index >= 15 is 0 Å². The molecule has 4 aromatic heterocycles. The predicted molar refractivity (Wildman–Crippen MR) is 313 cm³/mol. The lowest BCUT2D eigenvalue weighted by atomic mass is 10.1. The summed E-state index contributed by atoms with van der Waals surface area (Å²) in [5.74, 6) is -5.12. The van der Waals surface area contributed by atoms with Gasteiger partial charge >= 0.3 is 56.5 Å². The summed E-state index contributed by atoms with van der Waals surface area (Å²) in [6.07, 6.45) is -5.17. The number of aliphatic hydroxyl groups is 2. The maximum atomic E-state index is 13.1. The number of carboxylic acids is 2. The van der Waals surface area contributed by atoms with Gasteiger partial charge in [-0.2, -0.15) is 16.8 Å². The third kappa shape index (κ3) is 22.5. The molecule has 0 aromatic carbocycles. The number of fused-ring (bicyclic) bond motifs is 3. The fourth-order valence-electron chi connectivity index (χ4n) is 8.10. The van der Waals surface area contributed by atoms with E-state index in [2.05, 4.69) is 77.7 Å². The lowest BCUT2D eigenvalue weighted by Crippen LogP contribution is -2.46. The molecule has 0 unspecified atom stereocenters. The van der Waals surface area contributed by atoms with E-state index in [1.54, 1.807) is 55.4 Å². The number of amides is 4. The number of nitrogens with one attached hydrogen (secondary N) is 4. The van der Waals surface area contributed by atoms with E-state index in [4.69, 9.17) is 53.1 Å². The second kappa shape index (κ2) is 31.4. The Kier molecular flexibility index (Phi) is 27.1. The van der Waals surface area contributed by atoms with Crippen LogP contribution in [0, 0.1) is 0 Å². The minimum atomic E-state index is -4.32. The van der Waals surface area contributed by atoms with Crippen LogP contribution in [0.2, 0.25) is 0 Å². The van der Waals surface area contributed by atoms with Gasteiger partial charge < -0.3 is 59.5 Å². The van der Waals surface area contributed by atoms with Crippen molar-refractivity contribution >= 4 is 131 Å². The number of nitrogens with two attached hydrogens (primary N) is 2. The van der Waals surface area contributed by atoms with Gasteiger partial charge in [-0.3, -0.25) is 37.7 Å². The molecule has 0 bridgehead atoms. The molecule has 42 heteroatoms. The van der Waals surface area contributed by atoms with Gasteiger partial charge in [0.15, 0.2) is 52.2 Å². The first-order chi connectivity index (χ1) is 39.4. The molecule has 0 spiro atoms. The minimum absolute atomic E-state index is 0. The van der Waals surface area contributed by atoms with Crippen molar-refractivity contribution in [3.8, 4) is 0 Å². The van der Waals surface area contributed by atoms with Crippen molar-refractivity contribution in [1.29, 1.82) is 0 Å². The van der Waals surface area contributed by atoms with E-state index in [0.717, 1.165) is 12.7 Å². The van der Waals surface area contributed by atoms with Gasteiger partial charge in [0.05, 0.1) is 25.9 Å². The fourth-order valence-corrected chi connectivity index (χ4v) is 8.75. The van der Waals surface area contributed by atoms with Crippen LogP contribution in [-0.2, 0) is 117 Å². The topological polar surface area (TPSA) is 513 Å². The third-order valence-electron chi connectivity index (χ3n) is 11.3. The maximum Gasteiger partial charge on any atom is 0.333 e. The highest BCUT2D eigenvalue weighted by Crippen LogP contribution is 2.44. The first-order valence-electron chi connectivity index (χ1n) is 24.7. The molecule has 10 atom stereocenters. The van der Waals surface area contributed by atoms with E-state index in [0.29, 0.717) is 0 Å². The number of carbonyl (C=O) groups is 6. The molecule has 7 rings (SSSR count). The van der Waals surface area contributed by atoms with Gasteiger partial charge in [-0.1, -0.05) is 14.9 Å². The normalized spacial score (nSPS) is 22.0. The number of ether oxygens (including phenoxy) is 6. The van der Waals surface area contributed by atoms with Gasteiger partial charge in [0.1, 0.15) is 72.6 Å². The highest BCUT2D eigenvalue weighted by atomic mass is 33.2. The summed E-state index contributed by atoms with van der Waals surface area (Å²) < 4.78 is 91.0. The summed E-state index contributed by atoms with van der Waals surface area (Å²) in [7, 11) is -6.22. The smallest absolute Gasteiger partial charge is 0.333 e. The summed E-state index contributed by atoms with van der Waals surface area (Å²) in [5, 5.41) is 57.7. The van der Waals surface area contributed by atoms with Gasteiger partial charge in [-0.15, -0.1) is 0 Å². The third-order valence-corrected chi connectivity index (χ3v) is 14.5. The van der Waals surface area contributed by atoms with Gasteiger partial charge in [-0.25, -0.2) is 59.4 Å². The minimum Gasteiger partial charge on any atom is -0.481 e. The fraction of sp³-hybridized carbons (Fsp3) is 0.644. The second-order valence-corrected chi connectivity index (χ2v) is 26.7. The van der Waals surface area contributed by atoms with Crippen LogP contribution in [0.15, 0.2) is 25.3 Å². The number of anilines is 2. The van der Waals surface area contributed by atoms with E-state index in [-0.39, 0.29) is 68.1 Å². The molecule has 3 aliphatic heterocycles. The molecule has 3 aliphatic rings. The van der Waals surface area contributed by atoms with Crippen molar-refractivity contribution in [1.82, 2.24) is 49.7 Å². The summed E-state index contributed by atoms with van der Waals surface area (Å²) >= 11 is 8.66. The highest BCUT2D eigenvalue weighted by Gasteiger charge is 2.56. The molecule has 4 aromatic rings. The number of carbonyl (C=O) groups excluding carboxylic acids is 4. The molecule has 0 saturated carbocycles. The number of esters is 2. The predicted octanol–water partition coefficient (Wildman–Crippen LogP) is -0.215. The average molecular weight is 1350 g/mol. The number of urea groups is 2. The molecule has 0 radical (unpaired) electrons. The first-order valence-corrected chi connectivity index (χ1v) is 31.7. The van der Waals surface area contributed by atoms with Crippen molar-refractivity contribution in [3.05, 3.63) is 25.3 Å². The molecule has 87 heavy (non-hydrogen) atoms. The van der Waals surface area contributed by atoms with Crippen molar-refractivity contribution < 1.29 is 103 Å². The SMILES string of the molecule is C.C.CC(C)(C)OC(=O)CC[C@H](NC(=O)Nc1ncnc2c1ncn2[C@@H]1O[C@H](COS(N)(=O)=O)[C@H]2OC(C)(C)O[C@H]21)C(=O)OC(C)(C)C.NS(=O)(=O)OC[C@H]1O[C@@H](n2cnc3c(NC(=O)N[C@@H](CCC(=O)O)C(=O)O)ncnc32)[C@H](O)[C@@H]1O.S=S=S=S. The monoisotopic (exact) mass is 1350 g/mol. The number of aromatic nitrogens is 8. The molecule has 488 valence electrons. The van der Waals surface area contributed by atoms with Crippen LogP contribution in [-0.4, -0.2) is 191 Å². The standard InChI is InChI=1S/C27H41N7O11S.C16H21N7O11S.2CH4.S4/c1-25(2,3)42-16(35)10-9-14(23(36)45-26(4,5)6)32-24(37)33-20-17-21(30-12-29-20)34(13-31-17)22-19-18(43-27(7,8)44-19)15(41-22)11-40-46(28,38)39;17-35(31,32)33-3-7-10(26)11(27)14(34-7)23-5-20-9-12(18-4-19-13(9)23)22-16(30)21-6(15(28)29)1-2-8(24)25;;;1-3-4-2/h12-15,18-19,22H,9-11H2,1-8H3,(H2,28,38,39)(H2,29,30,32,33,37);4-7,10-11,14,26-27H,1-3H2,(H,24,25)(H,28,29)(H2,17,31,32)(H2,18,19,21,22,30);2*1H4;/t14-,15+,18+,19+,22+;6-,7+,10+,11+,14+;;;/m00.../s1. The molecule has 4 amide bonds. The van der Waals surface area contributed by atoms with Crippen molar-refractivity contribution in [2.45, 2.75) is 174 Å². The van der Waals surface area contributed by atoms with E-state index in [9.17, 15) is 55.8 Å². The summed E-state index contributed by atoms with van der Waals surface area (Å²) in [5.41, 5.74) is -1.14. The zero-order valence-electron chi connectivity index (χ0n) is 46.1. The molecule has 0 aliphatic carbocycles. The Labute approximate surface area is 514 Å². The molecular formula is C45H70N14O22S6. The quantitative estimate of drug-likeness (QED) is 0.0512. The number of rotatable bonds is 20. The molecule has 3 saturated heterocycles. The van der Waals surface area contributed by atoms with Gasteiger partial charge in [-0.05, 0) is 68.2 Å². The Bertz CT molecular complexity index is 3400. The van der Waals surface area contributed by atoms with Gasteiger partial charge in [0.2, 0.25) is 0 Å². The average Bonchev–Trinajstić information content (AvgIpc) is 1.63. The van der Waals surface area contributed by atoms with Crippen LogP contribution in [0.3, 0.4) is 0 Å². The van der Waals surface area contributed by atoms with Crippen LogP contribution in [0.25, 0.3) is 22.3 Å². The van der Waals surface area contributed by atoms with Gasteiger partial charge in [0, 0.05) is 53.0 Å². The van der Waals surface area contributed by atoms with E-state index < -0.39 is 154 Å². The number of hydrogen-bond acceptors (Lipinski definition) is 28. The van der Waals surface area contributed by atoms with Crippen molar-refractivity contribution in [2.75, 3.05) is 23.8 Å². The Hall–Kier alpha value is -6.10. The zero-order valence-corrected chi connectivity index (χ0v) is 51.0. The Morgan fingerprint density at radius 2 is 1.13 bits per heavy atom. The number of hydrogen-bond donors (Lipinski definition) is 10. The highest BCUT2D eigenvalue weighted by molar-refractivity contribution is 8.51. The lowest BCUT2D eigenvalue weighted by molar-refractivity contribution is -0.198. The van der Waals surface area contributed by atoms with Crippen LogP contribution in [0.5, 0.6) is 0 Å². The molecule has 7 heterocycles. The van der Waals surface area contributed by atoms with E-state index in [1.165, 1.54) is 39.5 Å². The number of carboxylic acid groups (broad SMARTS) is 2. The van der Waals surface area contributed by atoms with Crippen LogP contribution < -0.4 is 31.5 Å². The van der Waals surface area contributed by atoms with E-state index in [1.807, 2.05) is 0 Å². The zero-order chi connectivity index (χ0) is 63.6. The molecule has 3 fully saturated rings. The largest absolute Gasteiger partial charge is 0.481 e. The Balaban J connectivity index is 0.000000432. The number of aliphatic carboxylic acids is 2. The number of nitrogens with zero attached hydrogens (tertiary/aromatic N) is 8. The summed E-state index contributed by atoms with van der Waals surface area (Å²) in [4.78, 5) is 97.2. The Morgan fingerprint density at radius 3 is 1.59 bits per heavy atom. The van der Waals surface area contributed by atoms with Crippen molar-refractivity contribution in [3.63, 3.8) is 0 Å². The molecular weight excluding hydrogens is 1280 g/mol. The molecule has 12 N–H and O–H groups in total. The van der Waals surface area contributed by atoms with Crippen LogP contribution in [0.4, 0.5) is 21.2 Å². The Morgan fingerprint density at radius 1 is 0.678 bits per heavy atom.